The first-order chi connectivity index (χ1) is 11.2. The smallest absolute Gasteiger partial charge is 0.231 e. The number of carbonyl (C=O) groups is 1. The summed E-state index contributed by atoms with van der Waals surface area (Å²) in [5.41, 5.74) is 2.06. The van der Waals surface area contributed by atoms with Crippen LogP contribution in [0.5, 0.6) is 11.5 Å². The molecule has 0 saturated carbocycles. The number of likely N-dealkylation sites (N-methyl/N-ethyl adjacent to an activating group) is 1. The predicted molar refractivity (Wildman–Crippen MR) is 91.5 cm³/mol. The van der Waals surface area contributed by atoms with E-state index in [1.165, 1.54) is 0 Å². The molecule has 0 aromatic heterocycles. The van der Waals surface area contributed by atoms with Crippen molar-refractivity contribution in [3.63, 3.8) is 0 Å². The molecule has 2 aromatic carbocycles. The van der Waals surface area contributed by atoms with Gasteiger partial charge in [0.25, 0.3) is 0 Å². The van der Waals surface area contributed by atoms with Crippen molar-refractivity contribution in [1.29, 1.82) is 0 Å². The molecule has 0 spiro atoms. The zero-order valence-electron chi connectivity index (χ0n) is 12.9. The van der Waals surface area contributed by atoms with Crippen LogP contribution in [0.4, 0.5) is 0 Å². The van der Waals surface area contributed by atoms with E-state index < -0.39 is 0 Å². The topological polar surface area (TPSA) is 38.8 Å². The van der Waals surface area contributed by atoms with Gasteiger partial charge in [-0.15, -0.1) is 0 Å². The number of hydrogen-bond acceptors (Lipinski definition) is 3. The summed E-state index contributed by atoms with van der Waals surface area (Å²) in [5, 5.41) is 0. The second-order valence-corrected chi connectivity index (χ2v) is 6.31. The van der Waals surface area contributed by atoms with E-state index in [-0.39, 0.29) is 12.7 Å². The highest BCUT2D eigenvalue weighted by Crippen LogP contribution is 2.32. The van der Waals surface area contributed by atoms with Crippen LogP contribution in [0.1, 0.15) is 18.1 Å². The summed E-state index contributed by atoms with van der Waals surface area (Å²) in [5.74, 6) is 1.63. The molecule has 120 valence electrons. The first-order valence-electron chi connectivity index (χ1n) is 7.56. The molecule has 0 radical (unpaired) electrons. The summed E-state index contributed by atoms with van der Waals surface area (Å²) >= 11 is 3.41. The average molecular weight is 376 g/mol. The van der Waals surface area contributed by atoms with Crippen LogP contribution in [0.25, 0.3) is 0 Å². The number of halogens is 1. The Kier molecular flexibility index (Phi) is 4.86. The van der Waals surface area contributed by atoms with Crippen LogP contribution in [0.15, 0.2) is 46.9 Å². The van der Waals surface area contributed by atoms with Crippen molar-refractivity contribution in [2.75, 3.05) is 13.3 Å². The minimum Gasteiger partial charge on any atom is -0.454 e. The van der Waals surface area contributed by atoms with Crippen molar-refractivity contribution in [2.45, 2.75) is 19.9 Å². The van der Waals surface area contributed by atoms with Gasteiger partial charge in [-0.3, -0.25) is 4.79 Å². The lowest BCUT2D eigenvalue weighted by Gasteiger charge is -2.21. The molecule has 1 heterocycles. The van der Waals surface area contributed by atoms with E-state index in [0.717, 1.165) is 27.1 Å². The molecular weight excluding hydrogens is 358 g/mol. The molecular formula is C18H18BrNO3. The van der Waals surface area contributed by atoms with Crippen molar-refractivity contribution in [3.05, 3.63) is 58.1 Å². The van der Waals surface area contributed by atoms with E-state index in [2.05, 4.69) is 15.9 Å². The Hall–Kier alpha value is -2.01. The normalized spacial score (nSPS) is 12.3. The summed E-state index contributed by atoms with van der Waals surface area (Å²) in [6, 6.07) is 13.7. The second kappa shape index (κ2) is 7.04. The molecule has 0 atom stereocenters. The number of carbonyl (C=O) groups excluding carboxylic acids is 1. The summed E-state index contributed by atoms with van der Waals surface area (Å²) in [7, 11) is 0. The Bertz CT molecular complexity index is 700. The van der Waals surface area contributed by atoms with Gasteiger partial charge in [-0.2, -0.15) is 0 Å². The molecule has 2 aromatic rings. The van der Waals surface area contributed by atoms with E-state index in [9.17, 15) is 4.79 Å². The van der Waals surface area contributed by atoms with Crippen LogP contribution in [0, 0.1) is 0 Å². The molecule has 0 fully saturated rings. The van der Waals surface area contributed by atoms with Gasteiger partial charge in [0.05, 0.1) is 6.42 Å². The van der Waals surface area contributed by atoms with Gasteiger partial charge in [-0.05, 0) is 42.3 Å². The fourth-order valence-corrected chi connectivity index (χ4v) is 2.79. The van der Waals surface area contributed by atoms with E-state index in [1.807, 2.05) is 54.3 Å². The average Bonchev–Trinajstić information content (AvgIpc) is 3.02. The van der Waals surface area contributed by atoms with Crippen molar-refractivity contribution < 1.29 is 14.3 Å². The van der Waals surface area contributed by atoms with Gasteiger partial charge in [-0.1, -0.05) is 34.1 Å². The van der Waals surface area contributed by atoms with Gasteiger partial charge in [0, 0.05) is 17.6 Å². The molecule has 1 amide bonds. The zero-order chi connectivity index (χ0) is 16.2. The highest BCUT2D eigenvalue weighted by molar-refractivity contribution is 9.10. The van der Waals surface area contributed by atoms with Gasteiger partial charge in [0.2, 0.25) is 12.7 Å². The van der Waals surface area contributed by atoms with Gasteiger partial charge in [0.15, 0.2) is 11.5 Å². The van der Waals surface area contributed by atoms with E-state index in [1.54, 1.807) is 0 Å². The number of hydrogen-bond donors (Lipinski definition) is 0. The van der Waals surface area contributed by atoms with Crippen molar-refractivity contribution in [1.82, 2.24) is 4.90 Å². The number of nitrogens with zero attached hydrogens (tertiary/aromatic N) is 1. The first-order valence-corrected chi connectivity index (χ1v) is 8.35. The van der Waals surface area contributed by atoms with Crippen molar-refractivity contribution in [3.8, 4) is 11.5 Å². The monoisotopic (exact) mass is 375 g/mol. The lowest BCUT2D eigenvalue weighted by Crippen LogP contribution is -2.31. The number of benzene rings is 2. The van der Waals surface area contributed by atoms with Crippen LogP contribution in [0.3, 0.4) is 0 Å². The summed E-state index contributed by atoms with van der Waals surface area (Å²) in [6.45, 7) is 3.50. The maximum absolute atomic E-state index is 12.5. The minimum atomic E-state index is 0.118. The third-order valence-corrected chi connectivity index (χ3v) is 4.34. The fraction of sp³-hybridized carbons (Fsp3) is 0.278. The first kappa shape index (κ1) is 15.9. The highest BCUT2D eigenvalue weighted by atomic mass is 79.9. The molecule has 0 bridgehead atoms. The molecule has 5 heteroatoms. The quantitative estimate of drug-likeness (QED) is 0.798. The number of rotatable bonds is 5. The standard InChI is InChI=1S/C18H18BrNO3/c1-2-20(18(21)10-13-3-6-15(19)7-4-13)11-14-5-8-16-17(9-14)23-12-22-16/h3-9H,2,10-12H2,1H3. The molecule has 3 rings (SSSR count). The Labute approximate surface area is 144 Å². The molecule has 0 aliphatic carbocycles. The van der Waals surface area contributed by atoms with Crippen molar-refractivity contribution in [2.24, 2.45) is 0 Å². The van der Waals surface area contributed by atoms with Gasteiger partial charge < -0.3 is 14.4 Å². The minimum absolute atomic E-state index is 0.118. The lowest BCUT2D eigenvalue weighted by molar-refractivity contribution is -0.130. The highest BCUT2D eigenvalue weighted by Gasteiger charge is 2.17. The number of fused-ring (bicyclic) bond motifs is 1. The van der Waals surface area contributed by atoms with Gasteiger partial charge in [0.1, 0.15) is 0 Å². The van der Waals surface area contributed by atoms with Crippen LogP contribution in [-0.2, 0) is 17.8 Å². The molecule has 1 aliphatic rings. The molecule has 4 nitrogen and oxygen atoms in total. The van der Waals surface area contributed by atoms with Gasteiger partial charge >= 0.3 is 0 Å². The summed E-state index contributed by atoms with van der Waals surface area (Å²) < 4.78 is 11.7. The third-order valence-electron chi connectivity index (χ3n) is 3.81. The maximum Gasteiger partial charge on any atom is 0.231 e. The molecule has 0 unspecified atom stereocenters. The predicted octanol–water partition coefficient (Wildman–Crippen LogP) is 3.77. The molecule has 23 heavy (non-hydrogen) atoms. The zero-order valence-corrected chi connectivity index (χ0v) is 14.5. The van der Waals surface area contributed by atoms with E-state index >= 15 is 0 Å². The van der Waals surface area contributed by atoms with Crippen LogP contribution < -0.4 is 9.47 Å². The summed E-state index contributed by atoms with van der Waals surface area (Å²) in [6.07, 6.45) is 0.408. The lowest BCUT2D eigenvalue weighted by atomic mass is 10.1. The largest absolute Gasteiger partial charge is 0.454 e. The van der Waals surface area contributed by atoms with E-state index in [0.29, 0.717) is 19.5 Å². The molecule has 0 saturated heterocycles. The Balaban J connectivity index is 1.67. The number of ether oxygens (including phenoxy) is 2. The Morgan fingerprint density at radius 1 is 1.09 bits per heavy atom. The molecule has 0 N–H and O–H groups in total. The van der Waals surface area contributed by atoms with Crippen LogP contribution in [-0.4, -0.2) is 24.1 Å². The fourth-order valence-electron chi connectivity index (χ4n) is 2.52. The second-order valence-electron chi connectivity index (χ2n) is 5.40. The number of amides is 1. The third kappa shape index (κ3) is 3.85. The Morgan fingerprint density at radius 2 is 1.78 bits per heavy atom. The van der Waals surface area contributed by atoms with Crippen LogP contribution in [0.2, 0.25) is 0 Å². The van der Waals surface area contributed by atoms with E-state index in [4.69, 9.17) is 9.47 Å². The van der Waals surface area contributed by atoms with Crippen molar-refractivity contribution >= 4 is 21.8 Å². The maximum atomic E-state index is 12.5. The Morgan fingerprint density at radius 3 is 2.52 bits per heavy atom. The van der Waals surface area contributed by atoms with Crippen LogP contribution >= 0.6 is 15.9 Å². The molecule has 1 aliphatic heterocycles. The van der Waals surface area contributed by atoms with Gasteiger partial charge in [-0.25, -0.2) is 0 Å². The SMILES string of the molecule is CCN(Cc1ccc2c(c1)OCO2)C(=O)Cc1ccc(Br)cc1. The summed E-state index contributed by atoms with van der Waals surface area (Å²) in [4.78, 5) is 14.4.